The van der Waals surface area contributed by atoms with E-state index in [-0.39, 0.29) is 5.41 Å². The fourth-order valence-corrected chi connectivity index (χ4v) is 7.78. The molecule has 2 N–H and O–H groups in total. The predicted molar refractivity (Wildman–Crippen MR) is 117 cm³/mol. The van der Waals surface area contributed by atoms with Crippen molar-refractivity contribution in [1.29, 1.82) is 0 Å². The molecule has 5 rings (SSSR count). The van der Waals surface area contributed by atoms with Crippen LogP contribution in [-0.4, -0.2) is 25.2 Å². The van der Waals surface area contributed by atoms with Gasteiger partial charge in [0.2, 0.25) is 0 Å². The van der Waals surface area contributed by atoms with Gasteiger partial charge in [-0.05, 0) is 27.1 Å². The average Bonchev–Trinajstić information content (AvgIpc) is 2.89. The Morgan fingerprint density at radius 3 is 2.29 bits per heavy atom. The van der Waals surface area contributed by atoms with Crippen LogP contribution in [0, 0.1) is 0 Å². The molecule has 0 fully saturated rings. The van der Waals surface area contributed by atoms with Crippen molar-refractivity contribution in [2.75, 3.05) is 0 Å². The molecular weight excluding hydrogens is 363 g/mol. The van der Waals surface area contributed by atoms with Crippen molar-refractivity contribution in [3.63, 3.8) is 0 Å². The lowest BCUT2D eigenvalue weighted by molar-refractivity contribution is 0.421. The monoisotopic (exact) mass is 386 g/mol. The van der Waals surface area contributed by atoms with Gasteiger partial charge in [0.25, 0.3) is 0 Å². The molecule has 0 saturated carbocycles. The first-order valence-electron chi connectivity index (χ1n) is 9.70. The molecule has 0 spiro atoms. The minimum absolute atomic E-state index is 0.0910. The van der Waals surface area contributed by atoms with E-state index in [1.165, 1.54) is 21.9 Å². The Kier molecular flexibility index (Phi) is 3.55. The molecule has 1 aliphatic carbocycles. The van der Waals surface area contributed by atoms with Crippen LogP contribution in [-0.2, 0) is 5.41 Å². The Morgan fingerprint density at radius 2 is 1.54 bits per heavy atom. The van der Waals surface area contributed by atoms with Crippen LogP contribution < -0.4 is 20.6 Å². The zero-order valence-corrected chi connectivity index (χ0v) is 17.6. The summed E-state index contributed by atoms with van der Waals surface area (Å²) < 4.78 is 6.51. The number of rotatable bonds is 1. The lowest BCUT2D eigenvalue weighted by atomic mass is 9.79. The fraction of sp³-hybridized carbons (Fsp3) is 0.217. The Hall–Kier alpha value is -2.34. The van der Waals surface area contributed by atoms with Crippen LogP contribution in [0.15, 0.2) is 54.6 Å². The number of para-hydroxylation sites is 1. The lowest BCUT2D eigenvalue weighted by Crippen LogP contribution is -2.58. The molecule has 140 valence electrons. The highest BCUT2D eigenvalue weighted by Gasteiger charge is 2.44. The number of hydrogen-bond donors (Lipinski definition) is 2. The Labute approximate surface area is 166 Å². The molecule has 2 aliphatic rings. The predicted octanol–water partition coefficient (Wildman–Crippen LogP) is 2.60. The summed E-state index contributed by atoms with van der Waals surface area (Å²) in [6, 6.07) is 18.7. The van der Waals surface area contributed by atoms with Crippen molar-refractivity contribution < 1.29 is 14.8 Å². The van der Waals surface area contributed by atoms with Gasteiger partial charge in [0.15, 0.2) is 0 Å². The van der Waals surface area contributed by atoms with Gasteiger partial charge in [0.05, 0.1) is 0 Å². The van der Waals surface area contributed by atoms with Crippen molar-refractivity contribution in [3.8, 4) is 22.6 Å². The largest absolute Gasteiger partial charge is 0.492 e. The van der Waals surface area contributed by atoms with Crippen LogP contribution in [0.5, 0.6) is 11.5 Å². The van der Waals surface area contributed by atoms with Crippen LogP contribution in [0.3, 0.4) is 0 Å². The van der Waals surface area contributed by atoms with Crippen LogP contribution in [0.4, 0.5) is 0 Å². The van der Waals surface area contributed by atoms with E-state index in [4.69, 9.17) is 4.74 Å². The van der Waals surface area contributed by atoms with Gasteiger partial charge in [-0.25, -0.2) is 0 Å². The van der Waals surface area contributed by atoms with E-state index in [2.05, 4.69) is 69.4 Å². The molecule has 1 aliphatic heterocycles. The summed E-state index contributed by atoms with van der Waals surface area (Å²) in [4.78, 5) is 0. The fourth-order valence-electron chi connectivity index (χ4n) is 4.97. The molecule has 1 heterocycles. The molecule has 5 heteroatoms. The van der Waals surface area contributed by atoms with Crippen molar-refractivity contribution in [3.05, 3.63) is 65.7 Å². The standard InChI is InChI=1S/C23H23BO3Si/c1-23(2)15-9-6-5-8-14(15)20-16(23)12-13-19-22(20)27-21-17(24(25)26)10-7-11-18(21)28(19,3)4/h5-13,25-26H,1-4H3. The molecule has 3 aromatic rings. The van der Waals surface area contributed by atoms with Gasteiger partial charge >= 0.3 is 7.12 Å². The quantitative estimate of drug-likeness (QED) is 0.633. The van der Waals surface area contributed by atoms with Crippen molar-refractivity contribution >= 4 is 31.0 Å². The first-order chi connectivity index (χ1) is 13.2. The Bertz CT molecular complexity index is 1130. The second-order valence-electron chi connectivity index (χ2n) is 8.86. The third kappa shape index (κ3) is 2.12. The molecule has 0 radical (unpaired) electrons. The average molecular weight is 386 g/mol. The lowest BCUT2D eigenvalue weighted by Gasteiger charge is -2.35. The van der Waals surface area contributed by atoms with Crippen LogP contribution in [0.25, 0.3) is 11.1 Å². The maximum Gasteiger partial charge on any atom is 0.492 e. The summed E-state index contributed by atoms with van der Waals surface area (Å²) in [5.74, 6) is 1.52. The van der Waals surface area contributed by atoms with Gasteiger partial charge in [-0.3, -0.25) is 0 Å². The molecule has 0 atom stereocenters. The van der Waals surface area contributed by atoms with E-state index in [1.807, 2.05) is 6.07 Å². The van der Waals surface area contributed by atoms with Crippen molar-refractivity contribution in [2.45, 2.75) is 32.4 Å². The summed E-state index contributed by atoms with van der Waals surface area (Å²) in [5, 5.41) is 22.2. The number of ether oxygens (including phenoxy) is 1. The molecule has 0 saturated heterocycles. The van der Waals surface area contributed by atoms with Crippen molar-refractivity contribution in [1.82, 2.24) is 0 Å². The molecule has 3 aromatic carbocycles. The van der Waals surface area contributed by atoms with Gasteiger partial charge in [-0.1, -0.05) is 81.5 Å². The third-order valence-corrected chi connectivity index (χ3v) is 10.1. The zero-order valence-electron chi connectivity index (χ0n) is 16.6. The van der Waals surface area contributed by atoms with Gasteiger partial charge in [0.1, 0.15) is 19.6 Å². The summed E-state index contributed by atoms with van der Waals surface area (Å²) in [5.41, 5.74) is 5.30. The summed E-state index contributed by atoms with van der Waals surface area (Å²) in [6.45, 7) is 9.12. The van der Waals surface area contributed by atoms with E-state index < -0.39 is 15.2 Å². The van der Waals surface area contributed by atoms with Gasteiger partial charge in [-0.15, -0.1) is 0 Å². The molecule has 0 amide bonds. The van der Waals surface area contributed by atoms with Crippen LogP contribution in [0.1, 0.15) is 25.0 Å². The maximum absolute atomic E-state index is 9.92. The second kappa shape index (κ2) is 5.60. The maximum atomic E-state index is 9.92. The number of benzene rings is 3. The summed E-state index contributed by atoms with van der Waals surface area (Å²) in [6.07, 6.45) is 0. The Balaban J connectivity index is 1.85. The topological polar surface area (TPSA) is 49.7 Å². The van der Waals surface area contributed by atoms with Crippen LogP contribution >= 0.6 is 0 Å². The van der Waals surface area contributed by atoms with E-state index in [1.54, 1.807) is 6.07 Å². The SMILES string of the molecule is CC1(C)c2ccccc2-c2c1ccc1c2Oc2c(B(O)O)cccc2[Si]1(C)C. The molecular formula is C23H23BO3Si. The number of fused-ring (bicyclic) bond motifs is 6. The van der Waals surface area contributed by atoms with E-state index in [0.717, 1.165) is 16.5 Å². The molecule has 28 heavy (non-hydrogen) atoms. The first-order valence-corrected chi connectivity index (χ1v) is 12.7. The highest BCUT2D eigenvalue weighted by atomic mass is 28.3. The van der Waals surface area contributed by atoms with Gasteiger partial charge in [0, 0.05) is 16.4 Å². The van der Waals surface area contributed by atoms with Crippen molar-refractivity contribution in [2.24, 2.45) is 0 Å². The van der Waals surface area contributed by atoms with Gasteiger partial charge < -0.3 is 14.8 Å². The molecule has 0 aromatic heterocycles. The summed E-state index contributed by atoms with van der Waals surface area (Å²) >= 11 is 0. The van der Waals surface area contributed by atoms with Crippen LogP contribution in [0.2, 0.25) is 13.1 Å². The Morgan fingerprint density at radius 1 is 0.821 bits per heavy atom. The summed E-state index contributed by atoms with van der Waals surface area (Å²) in [7, 11) is -3.62. The third-order valence-electron chi connectivity index (χ3n) is 6.58. The highest BCUT2D eigenvalue weighted by molar-refractivity contribution is 7.02. The van der Waals surface area contributed by atoms with E-state index >= 15 is 0 Å². The minimum Gasteiger partial charge on any atom is -0.457 e. The minimum atomic E-state index is -2.07. The van der Waals surface area contributed by atoms with Gasteiger partial charge in [-0.2, -0.15) is 0 Å². The highest BCUT2D eigenvalue weighted by Crippen LogP contribution is 2.52. The smallest absolute Gasteiger partial charge is 0.457 e. The van der Waals surface area contributed by atoms with E-state index in [0.29, 0.717) is 11.2 Å². The first kappa shape index (κ1) is 17.7. The molecule has 0 unspecified atom stereocenters. The second-order valence-corrected chi connectivity index (χ2v) is 13.2. The normalized spacial score (nSPS) is 17.1. The van der Waals surface area contributed by atoms with E-state index in [9.17, 15) is 10.0 Å². The molecule has 0 bridgehead atoms. The zero-order chi connectivity index (χ0) is 19.8. The molecule has 3 nitrogen and oxygen atoms in total. The number of hydrogen-bond acceptors (Lipinski definition) is 3.